The Labute approximate surface area is 177 Å². The smallest absolute Gasteiger partial charge is 0.187 e. The molecule has 29 heavy (non-hydrogen) atoms. The molecular weight excluding hydrogens is 400 g/mol. The number of nitrogens with one attached hydrogen (secondary N) is 1. The number of benzene rings is 3. The van der Waals surface area contributed by atoms with Gasteiger partial charge in [0.05, 0.1) is 12.3 Å². The van der Waals surface area contributed by atoms with Gasteiger partial charge in [-0.3, -0.25) is 4.21 Å². The van der Waals surface area contributed by atoms with E-state index in [2.05, 4.69) is 15.9 Å². The van der Waals surface area contributed by atoms with Crippen LogP contribution in [0.3, 0.4) is 0 Å². The summed E-state index contributed by atoms with van der Waals surface area (Å²) in [5.41, 5.74) is 6.06. The van der Waals surface area contributed by atoms with E-state index in [1.54, 1.807) is 6.26 Å². The number of nitrogens with zero attached hydrogens (tertiary/aromatic N) is 1. The summed E-state index contributed by atoms with van der Waals surface area (Å²) in [6, 6.07) is 21.7. The summed E-state index contributed by atoms with van der Waals surface area (Å²) in [7, 11) is -0.915. The molecule has 0 aliphatic rings. The number of fused-ring (bicyclic) bond motifs is 1. The molecule has 3 nitrogen and oxygen atoms in total. The van der Waals surface area contributed by atoms with Crippen LogP contribution in [0.4, 0.5) is 5.69 Å². The molecule has 0 aliphatic heterocycles. The van der Waals surface area contributed by atoms with Gasteiger partial charge in [0.15, 0.2) is 5.69 Å². The zero-order chi connectivity index (χ0) is 20.4. The lowest BCUT2D eigenvalue weighted by molar-refractivity contribution is 0.686. The molecule has 0 bridgehead atoms. The number of rotatable bonds is 5. The second-order valence-corrected chi connectivity index (χ2v) is 8.86. The molecule has 144 valence electrons. The molecule has 0 saturated carbocycles. The molecule has 0 fully saturated rings. The number of aromatic nitrogens is 1. The van der Waals surface area contributed by atoms with Crippen molar-refractivity contribution < 1.29 is 4.21 Å². The summed E-state index contributed by atoms with van der Waals surface area (Å²) < 4.78 is 11.8. The molecule has 0 spiro atoms. The van der Waals surface area contributed by atoms with Crippen molar-refractivity contribution in [1.82, 2.24) is 4.98 Å². The first-order valence-corrected chi connectivity index (χ1v) is 11.3. The molecular formula is C24H19ClN2OS. The highest BCUT2D eigenvalue weighted by Crippen LogP contribution is 2.38. The second kappa shape index (κ2) is 8.24. The van der Waals surface area contributed by atoms with Crippen LogP contribution in [-0.2, 0) is 16.6 Å². The third-order valence-electron chi connectivity index (χ3n) is 5.06. The SMILES string of the molecule is [C-]#[N+]c1ccc(C(c2ccc(Cl)cc2)c2c[nH]c3c(CS(C)=O)cccc23)cc1. The molecule has 0 aliphatic carbocycles. The van der Waals surface area contributed by atoms with E-state index in [1.807, 2.05) is 66.9 Å². The van der Waals surface area contributed by atoms with E-state index in [0.717, 1.165) is 33.2 Å². The molecule has 3 aromatic carbocycles. The first kappa shape index (κ1) is 19.4. The molecule has 2 unspecified atom stereocenters. The Morgan fingerprint density at radius 1 is 1.03 bits per heavy atom. The maximum Gasteiger partial charge on any atom is 0.187 e. The van der Waals surface area contributed by atoms with Crippen LogP contribution in [0.25, 0.3) is 15.7 Å². The lowest BCUT2D eigenvalue weighted by Gasteiger charge is -2.18. The molecule has 4 rings (SSSR count). The summed E-state index contributed by atoms with van der Waals surface area (Å²) >= 11 is 6.12. The maximum atomic E-state index is 11.8. The van der Waals surface area contributed by atoms with E-state index >= 15 is 0 Å². The average Bonchev–Trinajstić information content (AvgIpc) is 3.15. The van der Waals surface area contributed by atoms with Gasteiger partial charge in [-0.1, -0.05) is 66.2 Å². The highest BCUT2D eigenvalue weighted by Gasteiger charge is 2.21. The van der Waals surface area contributed by atoms with Gasteiger partial charge in [0.25, 0.3) is 0 Å². The molecule has 0 radical (unpaired) electrons. The van der Waals surface area contributed by atoms with Crippen LogP contribution in [0.2, 0.25) is 5.02 Å². The van der Waals surface area contributed by atoms with E-state index in [0.29, 0.717) is 16.5 Å². The van der Waals surface area contributed by atoms with Gasteiger partial charge in [-0.2, -0.15) is 0 Å². The van der Waals surface area contributed by atoms with Crippen molar-refractivity contribution in [3.8, 4) is 0 Å². The Bertz CT molecular complexity index is 1220. The number of hydrogen-bond acceptors (Lipinski definition) is 1. The van der Waals surface area contributed by atoms with Crippen LogP contribution in [-0.4, -0.2) is 15.4 Å². The highest BCUT2D eigenvalue weighted by atomic mass is 35.5. The number of H-pyrrole nitrogens is 1. The summed E-state index contributed by atoms with van der Waals surface area (Å²) in [6.07, 6.45) is 3.76. The summed E-state index contributed by atoms with van der Waals surface area (Å²) in [4.78, 5) is 6.91. The van der Waals surface area contributed by atoms with Crippen LogP contribution in [0.1, 0.15) is 28.2 Å². The predicted octanol–water partition coefficient (Wildman–Crippen LogP) is 6.43. The Kier molecular flexibility index (Phi) is 5.53. The molecule has 2 atom stereocenters. The third-order valence-corrected chi connectivity index (χ3v) is 6.03. The molecule has 4 aromatic rings. The van der Waals surface area contributed by atoms with E-state index in [-0.39, 0.29) is 5.92 Å². The fourth-order valence-corrected chi connectivity index (χ4v) is 4.57. The molecule has 0 saturated heterocycles. The van der Waals surface area contributed by atoms with Crippen molar-refractivity contribution >= 4 is 39.0 Å². The van der Waals surface area contributed by atoms with Crippen LogP contribution < -0.4 is 0 Å². The van der Waals surface area contributed by atoms with Gasteiger partial charge in [0, 0.05) is 45.1 Å². The molecule has 1 aromatic heterocycles. The summed E-state index contributed by atoms with van der Waals surface area (Å²) in [5.74, 6) is 0.506. The van der Waals surface area contributed by atoms with Crippen molar-refractivity contribution in [2.45, 2.75) is 11.7 Å². The topological polar surface area (TPSA) is 37.2 Å². The van der Waals surface area contributed by atoms with Crippen LogP contribution in [0, 0.1) is 6.57 Å². The lowest BCUT2D eigenvalue weighted by atomic mass is 9.85. The minimum Gasteiger partial charge on any atom is -0.361 e. The third kappa shape index (κ3) is 3.98. The first-order chi connectivity index (χ1) is 14.1. The van der Waals surface area contributed by atoms with E-state index in [9.17, 15) is 4.21 Å². The van der Waals surface area contributed by atoms with E-state index < -0.39 is 10.8 Å². The number of hydrogen-bond donors (Lipinski definition) is 1. The largest absolute Gasteiger partial charge is 0.361 e. The zero-order valence-corrected chi connectivity index (χ0v) is 17.4. The van der Waals surface area contributed by atoms with Gasteiger partial charge >= 0.3 is 0 Å². The zero-order valence-electron chi connectivity index (χ0n) is 15.9. The molecule has 1 heterocycles. The van der Waals surface area contributed by atoms with Crippen molar-refractivity contribution in [3.63, 3.8) is 0 Å². The second-order valence-electron chi connectivity index (χ2n) is 6.99. The van der Waals surface area contributed by atoms with Gasteiger partial charge in [-0.05, 0) is 34.4 Å². The Morgan fingerprint density at radius 3 is 2.31 bits per heavy atom. The first-order valence-electron chi connectivity index (χ1n) is 9.18. The normalized spacial score (nSPS) is 13.1. The van der Waals surface area contributed by atoms with Gasteiger partial charge < -0.3 is 4.98 Å². The van der Waals surface area contributed by atoms with E-state index in [1.165, 1.54) is 0 Å². The molecule has 5 heteroatoms. The number of para-hydroxylation sites is 1. The summed E-state index contributed by atoms with van der Waals surface area (Å²) in [5, 5.41) is 1.81. The standard InChI is InChI=1S/C24H19ClN2OS/c1-26-20-12-8-17(9-13-20)23(16-6-10-19(25)11-7-16)22-14-27-24-18(15-29(2)28)4-3-5-21(22)24/h3-14,23,27H,15H2,2H3. The van der Waals surface area contributed by atoms with E-state index in [4.69, 9.17) is 18.2 Å². The average molecular weight is 419 g/mol. The predicted molar refractivity (Wildman–Crippen MR) is 121 cm³/mol. The maximum absolute atomic E-state index is 11.8. The van der Waals surface area contributed by atoms with Crippen LogP contribution in [0.5, 0.6) is 0 Å². The highest BCUT2D eigenvalue weighted by molar-refractivity contribution is 7.83. The van der Waals surface area contributed by atoms with Gasteiger partial charge in [0.2, 0.25) is 0 Å². The Hall–Kier alpha value is -2.87. The van der Waals surface area contributed by atoms with Gasteiger partial charge in [-0.25, -0.2) is 4.85 Å². The fourth-order valence-electron chi connectivity index (χ4n) is 3.77. The monoisotopic (exact) mass is 418 g/mol. The van der Waals surface area contributed by atoms with Gasteiger partial charge in [0.1, 0.15) is 0 Å². The van der Waals surface area contributed by atoms with Crippen LogP contribution >= 0.6 is 11.6 Å². The number of aromatic amines is 1. The molecule has 0 amide bonds. The molecule has 1 N–H and O–H groups in total. The van der Waals surface area contributed by atoms with Crippen LogP contribution in [0.15, 0.2) is 72.9 Å². The minimum absolute atomic E-state index is 0.0109. The quantitative estimate of drug-likeness (QED) is 0.372. The fraction of sp³-hybridized carbons (Fsp3) is 0.125. The number of halogens is 1. The Morgan fingerprint density at radius 2 is 1.69 bits per heavy atom. The van der Waals surface area contributed by atoms with Gasteiger partial charge in [-0.15, -0.1) is 0 Å². The summed E-state index contributed by atoms with van der Waals surface area (Å²) in [6.45, 7) is 7.22. The van der Waals surface area contributed by atoms with Crippen molar-refractivity contribution in [1.29, 1.82) is 0 Å². The van der Waals surface area contributed by atoms with Crippen molar-refractivity contribution in [2.75, 3.05) is 6.26 Å². The van der Waals surface area contributed by atoms with Crippen molar-refractivity contribution in [3.05, 3.63) is 112 Å². The lowest BCUT2D eigenvalue weighted by Crippen LogP contribution is -2.02. The van der Waals surface area contributed by atoms with Crippen molar-refractivity contribution in [2.24, 2.45) is 0 Å². The Balaban J connectivity index is 1.90. The minimum atomic E-state index is -0.915.